The van der Waals surface area contributed by atoms with Gasteiger partial charge in [-0.2, -0.15) is 13.2 Å². The summed E-state index contributed by atoms with van der Waals surface area (Å²) in [7, 11) is 1.26. The van der Waals surface area contributed by atoms with Crippen molar-refractivity contribution in [3.63, 3.8) is 0 Å². The third kappa shape index (κ3) is 4.63. The second kappa shape index (κ2) is 9.34. The van der Waals surface area contributed by atoms with Crippen LogP contribution in [0.1, 0.15) is 29.9 Å². The SMILES string of the molecule is COC(=O)Nc1ccc2c(-c3nc(NC4CCCNC4)ncc3C(F)(F)F)c[nH]c2c1C1COC1. The molecule has 12 heteroatoms. The molecule has 4 heterocycles. The second-order valence-electron chi connectivity index (χ2n) is 8.64. The van der Waals surface area contributed by atoms with Crippen LogP contribution < -0.4 is 16.0 Å². The fraction of sp³-hybridized carbons (Fsp3) is 0.435. The number of carbonyl (C=O) groups excluding carboxylic acids is 1. The molecule has 2 aliphatic rings. The van der Waals surface area contributed by atoms with E-state index >= 15 is 0 Å². The standard InChI is InChI=1S/C23H25F3N6O3/c1-34-22(33)31-17-5-4-14-15(8-28-20(14)18(17)12-10-35-11-12)19-16(23(24,25)26)9-29-21(32-19)30-13-3-2-6-27-7-13/h4-5,8-9,12-13,27-28H,2-3,6-7,10-11H2,1H3,(H,31,33)(H,29,30,32). The van der Waals surface area contributed by atoms with E-state index < -0.39 is 17.8 Å². The number of H-pyrrole nitrogens is 1. The van der Waals surface area contributed by atoms with Crippen molar-refractivity contribution >= 4 is 28.6 Å². The molecule has 0 radical (unpaired) electrons. The van der Waals surface area contributed by atoms with E-state index in [0.29, 0.717) is 41.9 Å². The summed E-state index contributed by atoms with van der Waals surface area (Å²) in [5, 5.41) is 9.65. The van der Waals surface area contributed by atoms with Crippen LogP contribution in [0.25, 0.3) is 22.2 Å². The van der Waals surface area contributed by atoms with E-state index in [2.05, 4.69) is 30.9 Å². The number of fused-ring (bicyclic) bond motifs is 1. The maximum atomic E-state index is 13.9. The van der Waals surface area contributed by atoms with E-state index in [1.54, 1.807) is 12.1 Å². The molecule has 2 saturated heterocycles. The molecule has 186 valence electrons. The highest BCUT2D eigenvalue weighted by Gasteiger charge is 2.37. The maximum absolute atomic E-state index is 13.9. The van der Waals surface area contributed by atoms with Gasteiger partial charge < -0.3 is 25.1 Å². The zero-order valence-electron chi connectivity index (χ0n) is 19.0. The van der Waals surface area contributed by atoms with Crippen LogP contribution in [0.3, 0.4) is 0 Å². The topological polar surface area (TPSA) is 113 Å². The molecule has 35 heavy (non-hydrogen) atoms. The Labute approximate surface area is 198 Å². The molecule has 3 aromatic rings. The van der Waals surface area contributed by atoms with E-state index in [0.717, 1.165) is 31.1 Å². The number of piperidine rings is 1. The molecule has 2 fully saturated rings. The third-order valence-corrected chi connectivity index (χ3v) is 6.34. The lowest BCUT2D eigenvalue weighted by Gasteiger charge is -2.28. The first kappa shape index (κ1) is 23.4. The number of hydrogen-bond acceptors (Lipinski definition) is 7. The molecule has 1 atom stereocenters. The zero-order chi connectivity index (χ0) is 24.6. The molecule has 0 spiro atoms. The van der Waals surface area contributed by atoms with Crippen LogP contribution in [0, 0.1) is 0 Å². The molecule has 5 rings (SSSR count). The average Bonchev–Trinajstić information content (AvgIpc) is 3.23. The van der Waals surface area contributed by atoms with Crippen molar-refractivity contribution in [3.05, 3.63) is 35.7 Å². The number of benzene rings is 1. The van der Waals surface area contributed by atoms with Crippen molar-refractivity contribution in [2.24, 2.45) is 0 Å². The van der Waals surface area contributed by atoms with Crippen LogP contribution in [-0.2, 0) is 15.7 Å². The van der Waals surface area contributed by atoms with Crippen LogP contribution in [0.2, 0.25) is 0 Å². The van der Waals surface area contributed by atoms with Crippen LogP contribution in [0.5, 0.6) is 0 Å². The molecular formula is C23H25F3N6O3. The van der Waals surface area contributed by atoms with Crippen LogP contribution in [0.15, 0.2) is 24.5 Å². The minimum atomic E-state index is -4.64. The van der Waals surface area contributed by atoms with Crippen LogP contribution in [-0.4, -0.2) is 60.5 Å². The molecule has 9 nitrogen and oxygen atoms in total. The van der Waals surface area contributed by atoms with Crippen LogP contribution in [0.4, 0.5) is 29.6 Å². The van der Waals surface area contributed by atoms with Gasteiger partial charge in [0.25, 0.3) is 0 Å². The highest BCUT2D eigenvalue weighted by Crippen LogP contribution is 2.42. The Morgan fingerprint density at radius 1 is 1.29 bits per heavy atom. The number of nitrogens with zero attached hydrogens (tertiary/aromatic N) is 2. The largest absolute Gasteiger partial charge is 0.453 e. The van der Waals surface area contributed by atoms with Gasteiger partial charge in [0.15, 0.2) is 0 Å². The van der Waals surface area contributed by atoms with Crippen molar-refractivity contribution in [3.8, 4) is 11.3 Å². The molecule has 0 saturated carbocycles. The summed E-state index contributed by atoms with van der Waals surface area (Å²) in [6.45, 7) is 2.48. The summed E-state index contributed by atoms with van der Waals surface area (Å²) < 4.78 is 51.9. The van der Waals surface area contributed by atoms with Gasteiger partial charge in [0.2, 0.25) is 5.95 Å². The first-order chi connectivity index (χ1) is 16.8. The number of nitrogens with one attached hydrogen (secondary N) is 4. The number of methoxy groups -OCH3 is 1. The highest BCUT2D eigenvalue weighted by atomic mass is 19.4. The number of rotatable bonds is 5. The summed E-state index contributed by atoms with van der Waals surface area (Å²) in [6.07, 6.45) is -1.10. The van der Waals surface area contributed by atoms with E-state index in [1.807, 2.05) is 0 Å². The Hall–Kier alpha value is -3.38. The summed E-state index contributed by atoms with van der Waals surface area (Å²) in [5.41, 5.74) is 1.03. The Kier molecular flexibility index (Phi) is 6.24. The van der Waals surface area contributed by atoms with Crippen molar-refractivity contribution in [2.45, 2.75) is 31.0 Å². The van der Waals surface area contributed by atoms with E-state index in [9.17, 15) is 18.0 Å². The lowest BCUT2D eigenvalue weighted by molar-refractivity contribution is -0.137. The Balaban J connectivity index is 1.60. The first-order valence-electron chi connectivity index (χ1n) is 11.3. The summed E-state index contributed by atoms with van der Waals surface area (Å²) in [4.78, 5) is 23.2. The minimum absolute atomic E-state index is 0.0270. The van der Waals surface area contributed by atoms with Gasteiger partial charge in [-0.25, -0.2) is 14.8 Å². The van der Waals surface area contributed by atoms with Crippen molar-refractivity contribution in [1.82, 2.24) is 20.3 Å². The predicted octanol–water partition coefficient (Wildman–Crippen LogP) is 4.10. The second-order valence-corrected chi connectivity index (χ2v) is 8.64. The van der Waals surface area contributed by atoms with Gasteiger partial charge in [-0.15, -0.1) is 0 Å². The molecule has 4 N–H and O–H groups in total. The van der Waals surface area contributed by atoms with Crippen molar-refractivity contribution in [1.29, 1.82) is 0 Å². The van der Waals surface area contributed by atoms with Gasteiger partial charge in [-0.1, -0.05) is 6.07 Å². The lowest BCUT2D eigenvalue weighted by Crippen LogP contribution is -2.38. The number of aromatic nitrogens is 3. The molecule has 0 aliphatic carbocycles. The van der Waals surface area contributed by atoms with Crippen molar-refractivity contribution < 1.29 is 27.4 Å². The van der Waals surface area contributed by atoms with Gasteiger partial charge >= 0.3 is 12.3 Å². The first-order valence-corrected chi connectivity index (χ1v) is 11.3. The number of anilines is 2. The summed E-state index contributed by atoms with van der Waals surface area (Å²) >= 11 is 0. The Morgan fingerprint density at radius 3 is 2.77 bits per heavy atom. The van der Waals surface area contributed by atoms with Gasteiger partial charge in [-0.3, -0.25) is 5.32 Å². The molecule has 1 amide bonds. The summed E-state index contributed by atoms with van der Waals surface area (Å²) in [5.74, 6) is 0.119. The number of aromatic amines is 1. The van der Waals surface area contributed by atoms with Gasteiger partial charge in [0.05, 0.1) is 31.5 Å². The van der Waals surface area contributed by atoms with Gasteiger partial charge in [0, 0.05) is 53.1 Å². The van der Waals surface area contributed by atoms with E-state index in [-0.39, 0.29) is 23.6 Å². The highest BCUT2D eigenvalue weighted by molar-refractivity contribution is 6.01. The number of ether oxygens (including phenoxy) is 2. The summed E-state index contributed by atoms with van der Waals surface area (Å²) in [6, 6.07) is 3.36. The quantitative estimate of drug-likeness (QED) is 0.426. The number of amides is 1. The fourth-order valence-corrected chi connectivity index (χ4v) is 4.54. The Morgan fingerprint density at radius 2 is 2.11 bits per heavy atom. The molecule has 1 aromatic carbocycles. The monoisotopic (exact) mass is 490 g/mol. The number of carbonyl (C=O) groups is 1. The number of hydrogen-bond donors (Lipinski definition) is 4. The normalized spacial score (nSPS) is 18.8. The number of halogens is 3. The zero-order valence-corrected chi connectivity index (χ0v) is 19.0. The maximum Gasteiger partial charge on any atom is 0.419 e. The van der Waals surface area contributed by atoms with E-state index in [4.69, 9.17) is 9.47 Å². The lowest BCUT2D eigenvalue weighted by atomic mass is 9.92. The molecule has 1 unspecified atom stereocenters. The minimum Gasteiger partial charge on any atom is -0.453 e. The van der Waals surface area contributed by atoms with Gasteiger partial charge in [-0.05, 0) is 25.5 Å². The van der Waals surface area contributed by atoms with Gasteiger partial charge in [0.1, 0.15) is 5.56 Å². The average molecular weight is 490 g/mol. The molecular weight excluding hydrogens is 465 g/mol. The van der Waals surface area contributed by atoms with Crippen molar-refractivity contribution in [2.75, 3.05) is 44.0 Å². The molecule has 2 aromatic heterocycles. The predicted molar refractivity (Wildman–Crippen MR) is 123 cm³/mol. The third-order valence-electron chi connectivity index (χ3n) is 6.34. The Bertz CT molecular complexity index is 1240. The molecule has 0 bridgehead atoms. The molecule has 2 aliphatic heterocycles. The fourth-order valence-electron chi connectivity index (χ4n) is 4.54. The number of alkyl halides is 3. The van der Waals surface area contributed by atoms with Crippen LogP contribution >= 0.6 is 0 Å². The smallest absolute Gasteiger partial charge is 0.419 e. The van der Waals surface area contributed by atoms with E-state index in [1.165, 1.54) is 13.3 Å².